The monoisotopic (exact) mass is 385 g/mol. The van der Waals surface area contributed by atoms with Crippen LogP contribution in [0.3, 0.4) is 0 Å². The van der Waals surface area contributed by atoms with E-state index < -0.39 is 11.7 Å². The Morgan fingerprint density at radius 1 is 1.22 bits per heavy atom. The summed E-state index contributed by atoms with van der Waals surface area (Å²) in [6.07, 6.45) is -1.23. The normalized spacial score (nSPS) is 21.9. The van der Waals surface area contributed by atoms with Gasteiger partial charge in [-0.1, -0.05) is 6.42 Å². The molecule has 1 aromatic carbocycles. The molecule has 2 heterocycles. The Morgan fingerprint density at radius 2 is 1.96 bits per heavy atom. The Morgan fingerprint density at radius 3 is 2.63 bits per heavy atom. The molecule has 150 valence electrons. The molecule has 0 spiro atoms. The Balaban J connectivity index is 1.78. The average molecular weight is 385 g/mol. The number of halogens is 3. The molecule has 27 heavy (non-hydrogen) atoms. The molecule has 0 aromatic heterocycles. The minimum Gasteiger partial charge on any atom is -0.378 e. The quantitative estimate of drug-likeness (QED) is 0.863. The largest absolute Gasteiger partial charge is 0.416 e. The highest BCUT2D eigenvalue weighted by Crippen LogP contribution is 2.35. The molecule has 0 aliphatic carbocycles. The van der Waals surface area contributed by atoms with Crippen molar-refractivity contribution in [3.8, 4) is 0 Å². The summed E-state index contributed by atoms with van der Waals surface area (Å²) in [5.74, 6) is -0.280. The van der Waals surface area contributed by atoms with Gasteiger partial charge in [0.15, 0.2) is 0 Å². The van der Waals surface area contributed by atoms with Gasteiger partial charge in [-0.2, -0.15) is 13.2 Å². The third-order valence-corrected chi connectivity index (χ3v) is 5.24. The molecule has 0 radical (unpaired) electrons. The molecule has 5 nitrogen and oxygen atoms in total. The number of hydrogen-bond donors (Lipinski definition) is 1. The third-order valence-electron chi connectivity index (χ3n) is 5.24. The number of anilines is 2. The summed E-state index contributed by atoms with van der Waals surface area (Å²) >= 11 is 0. The van der Waals surface area contributed by atoms with Gasteiger partial charge in [0.2, 0.25) is 5.91 Å². The van der Waals surface area contributed by atoms with Gasteiger partial charge in [-0.25, -0.2) is 0 Å². The molecule has 2 fully saturated rings. The van der Waals surface area contributed by atoms with E-state index in [4.69, 9.17) is 4.74 Å². The lowest BCUT2D eigenvalue weighted by molar-refractivity contribution is -0.137. The summed E-state index contributed by atoms with van der Waals surface area (Å²) in [7, 11) is 0. The topological polar surface area (TPSA) is 44.8 Å². The maximum atomic E-state index is 13.1. The number of hydrogen-bond acceptors (Lipinski definition) is 4. The first-order chi connectivity index (χ1) is 12.8. The van der Waals surface area contributed by atoms with Crippen molar-refractivity contribution >= 4 is 17.3 Å². The molecule has 1 amide bonds. The summed E-state index contributed by atoms with van der Waals surface area (Å²) in [6, 6.07) is 3.84. The highest BCUT2D eigenvalue weighted by atomic mass is 19.4. The number of likely N-dealkylation sites (tertiary alicyclic amines) is 1. The molecule has 0 saturated carbocycles. The van der Waals surface area contributed by atoms with E-state index in [1.54, 1.807) is 0 Å². The Bertz CT molecular complexity index is 660. The van der Waals surface area contributed by atoms with Crippen molar-refractivity contribution in [2.24, 2.45) is 0 Å². The minimum atomic E-state index is -4.45. The van der Waals surface area contributed by atoms with Crippen molar-refractivity contribution in [1.29, 1.82) is 0 Å². The highest BCUT2D eigenvalue weighted by molar-refractivity contribution is 5.95. The standard InChI is InChI=1S/C19H26F3N3O2/c1-14-4-2-3-7-25(14)13-18(26)23-16-12-15(19(20,21)22)5-6-17(16)24-8-10-27-11-9-24/h5-6,12,14H,2-4,7-11,13H2,1H3,(H,23,26)/t14-/m1/s1. The molecule has 2 saturated heterocycles. The first-order valence-electron chi connectivity index (χ1n) is 9.42. The Hall–Kier alpha value is -1.80. The first-order valence-corrected chi connectivity index (χ1v) is 9.42. The average Bonchev–Trinajstić information content (AvgIpc) is 2.63. The predicted octanol–water partition coefficient (Wildman–Crippen LogP) is 3.35. The van der Waals surface area contributed by atoms with Gasteiger partial charge in [0.05, 0.1) is 36.7 Å². The number of piperidine rings is 1. The van der Waals surface area contributed by atoms with Crippen LogP contribution in [0.4, 0.5) is 24.5 Å². The van der Waals surface area contributed by atoms with Gasteiger partial charge in [-0.15, -0.1) is 0 Å². The molecule has 2 aliphatic heterocycles. The fourth-order valence-corrected chi connectivity index (χ4v) is 3.66. The second-order valence-corrected chi connectivity index (χ2v) is 7.19. The lowest BCUT2D eigenvalue weighted by atomic mass is 10.0. The zero-order valence-corrected chi connectivity index (χ0v) is 15.5. The maximum absolute atomic E-state index is 13.1. The number of nitrogens with one attached hydrogen (secondary N) is 1. The number of carbonyl (C=O) groups is 1. The number of carbonyl (C=O) groups excluding carboxylic acids is 1. The van der Waals surface area contributed by atoms with Crippen molar-refractivity contribution in [3.05, 3.63) is 23.8 Å². The van der Waals surface area contributed by atoms with Crippen LogP contribution in [-0.2, 0) is 15.7 Å². The van der Waals surface area contributed by atoms with Gasteiger partial charge in [0.25, 0.3) is 0 Å². The van der Waals surface area contributed by atoms with Crippen molar-refractivity contribution in [2.45, 2.75) is 38.4 Å². The molecule has 1 aromatic rings. The summed E-state index contributed by atoms with van der Waals surface area (Å²) in [6.45, 7) is 5.30. The molecule has 1 atom stereocenters. The van der Waals surface area contributed by atoms with Crippen LogP contribution in [0.15, 0.2) is 18.2 Å². The molecule has 0 bridgehead atoms. The van der Waals surface area contributed by atoms with Gasteiger partial charge < -0.3 is 15.0 Å². The van der Waals surface area contributed by atoms with Crippen molar-refractivity contribution in [3.63, 3.8) is 0 Å². The maximum Gasteiger partial charge on any atom is 0.416 e. The molecule has 2 aliphatic rings. The van der Waals surface area contributed by atoms with E-state index in [2.05, 4.69) is 17.1 Å². The van der Waals surface area contributed by atoms with E-state index in [1.165, 1.54) is 6.07 Å². The van der Waals surface area contributed by atoms with E-state index in [0.29, 0.717) is 38.0 Å². The fraction of sp³-hybridized carbons (Fsp3) is 0.632. The van der Waals surface area contributed by atoms with Crippen molar-refractivity contribution in [1.82, 2.24) is 4.90 Å². The van der Waals surface area contributed by atoms with Crippen LogP contribution in [0.2, 0.25) is 0 Å². The Kier molecular flexibility index (Phi) is 6.26. The number of morpholine rings is 1. The summed E-state index contributed by atoms with van der Waals surface area (Å²) < 4.78 is 44.8. The van der Waals surface area contributed by atoms with Gasteiger partial charge >= 0.3 is 6.18 Å². The van der Waals surface area contributed by atoms with Crippen molar-refractivity contribution in [2.75, 3.05) is 49.6 Å². The van der Waals surface area contributed by atoms with Crippen LogP contribution in [0.1, 0.15) is 31.7 Å². The summed E-state index contributed by atoms with van der Waals surface area (Å²) in [4.78, 5) is 16.6. The SMILES string of the molecule is C[C@@H]1CCCCN1CC(=O)Nc1cc(C(F)(F)F)ccc1N1CCOCC1. The van der Waals surface area contributed by atoms with E-state index in [-0.39, 0.29) is 18.1 Å². The number of nitrogens with zero attached hydrogens (tertiary/aromatic N) is 2. The Labute approximate surface area is 157 Å². The molecule has 3 rings (SSSR count). The predicted molar refractivity (Wildman–Crippen MR) is 98.0 cm³/mol. The number of rotatable bonds is 4. The van der Waals surface area contributed by atoms with Crippen LogP contribution in [-0.4, -0.2) is 56.2 Å². The van der Waals surface area contributed by atoms with E-state index in [9.17, 15) is 18.0 Å². The smallest absolute Gasteiger partial charge is 0.378 e. The lowest BCUT2D eigenvalue weighted by Gasteiger charge is -2.33. The van der Waals surface area contributed by atoms with Gasteiger partial charge in [-0.3, -0.25) is 9.69 Å². The molecule has 8 heteroatoms. The van der Waals surface area contributed by atoms with Crippen LogP contribution in [0.25, 0.3) is 0 Å². The van der Waals surface area contributed by atoms with Gasteiger partial charge in [0.1, 0.15) is 0 Å². The van der Waals surface area contributed by atoms with E-state index >= 15 is 0 Å². The number of benzene rings is 1. The second kappa shape index (κ2) is 8.48. The van der Waals surface area contributed by atoms with Crippen molar-refractivity contribution < 1.29 is 22.7 Å². The van der Waals surface area contributed by atoms with Crippen LogP contribution in [0.5, 0.6) is 0 Å². The lowest BCUT2D eigenvalue weighted by Crippen LogP contribution is -2.42. The van der Waals surface area contributed by atoms with Crippen LogP contribution < -0.4 is 10.2 Å². The highest BCUT2D eigenvalue weighted by Gasteiger charge is 2.32. The van der Waals surface area contributed by atoms with Gasteiger partial charge in [-0.05, 0) is 44.5 Å². The summed E-state index contributed by atoms with van der Waals surface area (Å²) in [5, 5.41) is 2.73. The molecular formula is C19H26F3N3O2. The molecule has 1 N–H and O–H groups in total. The molecular weight excluding hydrogens is 359 g/mol. The summed E-state index contributed by atoms with van der Waals surface area (Å²) in [5.41, 5.74) is 0.0499. The van der Waals surface area contributed by atoms with Crippen LogP contribution in [0, 0.1) is 0 Å². The van der Waals surface area contributed by atoms with E-state index in [0.717, 1.165) is 37.9 Å². The number of ether oxygens (including phenoxy) is 1. The third kappa shape index (κ3) is 5.13. The fourth-order valence-electron chi connectivity index (χ4n) is 3.66. The second-order valence-electron chi connectivity index (χ2n) is 7.19. The zero-order valence-electron chi connectivity index (χ0n) is 15.5. The van der Waals surface area contributed by atoms with Gasteiger partial charge in [0, 0.05) is 19.1 Å². The zero-order chi connectivity index (χ0) is 19.4. The molecule has 0 unspecified atom stereocenters. The number of amides is 1. The van der Waals surface area contributed by atoms with E-state index in [1.807, 2.05) is 4.90 Å². The van der Waals surface area contributed by atoms with Crippen LogP contribution >= 0.6 is 0 Å². The minimum absolute atomic E-state index is 0.194. The first kappa shape index (κ1) is 19.9. The number of alkyl halides is 3.